The van der Waals surface area contributed by atoms with Crippen LogP contribution >= 0.6 is 23.2 Å². The van der Waals surface area contributed by atoms with Gasteiger partial charge < -0.3 is 10.1 Å². The number of carbonyl (C=O) groups is 1. The van der Waals surface area contributed by atoms with Crippen LogP contribution < -0.4 is 0 Å². The van der Waals surface area contributed by atoms with E-state index in [4.69, 9.17) is 23.2 Å². The van der Waals surface area contributed by atoms with E-state index in [9.17, 15) is 9.90 Å². The third-order valence-electron chi connectivity index (χ3n) is 5.76. The number of fused-ring (bicyclic) bond motifs is 1. The molecule has 3 aromatic rings. The van der Waals surface area contributed by atoms with E-state index in [1.165, 1.54) is 0 Å². The molecule has 4 nitrogen and oxygen atoms in total. The highest BCUT2D eigenvalue weighted by molar-refractivity contribution is 6.33. The number of amides is 1. The molecule has 2 heterocycles. The van der Waals surface area contributed by atoms with Crippen LogP contribution in [0.25, 0.3) is 11.3 Å². The average Bonchev–Trinajstić information content (AvgIpc) is 3.19. The molecule has 6 heteroatoms. The normalized spacial score (nSPS) is 14.0. The van der Waals surface area contributed by atoms with Crippen LogP contribution in [0.4, 0.5) is 0 Å². The van der Waals surface area contributed by atoms with Crippen molar-refractivity contribution in [2.45, 2.75) is 52.4 Å². The molecule has 1 aliphatic heterocycles. The highest BCUT2D eigenvalue weighted by Crippen LogP contribution is 2.41. The maximum Gasteiger partial charge on any atom is 0.280 e. The Balaban J connectivity index is 1.87. The number of aromatic hydroxyl groups is 1. The molecule has 0 radical (unpaired) electrons. The minimum absolute atomic E-state index is 0.0842. The predicted molar refractivity (Wildman–Crippen MR) is 132 cm³/mol. The largest absolute Gasteiger partial charge is 0.494 e. The highest BCUT2D eigenvalue weighted by Gasteiger charge is 2.34. The predicted octanol–water partition coefficient (Wildman–Crippen LogP) is 7.28. The fourth-order valence-electron chi connectivity index (χ4n) is 4.07. The van der Waals surface area contributed by atoms with Gasteiger partial charge in [-0.1, -0.05) is 76.9 Å². The van der Waals surface area contributed by atoms with Crippen molar-refractivity contribution < 1.29 is 9.90 Å². The van der Waals surface area contributed by atoms with Crippen LogP contribution in [-0.4, -0.2) is 21.7 Å². The van der Waals surface area contributed by atoms with E-state index in [-0.39, 0.29) is 22.6 Å². The van der Waals surface area contributed by atoms with Crippen LogP contribution in [0.1, 0.15) is 74.2 Å². The molecule has 0 saturated carbocycles. The molecule has 0 atom stereocenters. The Labute approximate surface area is 198 Å². The average molecular weight is 469 g/mol. The van der Waals surface area contributed by atoms with Crippen molar-refractivity contribution in [3.05, 3.63) is 74.3 Å². The van der Waals surface area contributed by atoms with Crippen LogP contribution in [0.15, 0.2) is 41.4 Å². The molecule has 0 bridgehead atoms. The minimum atomic E-state index is -0.388. The van der Waals surface area contributed by atoms with E-state index < -0.39 is 0 Å². The van der Waals surface area contributed by atoms with Crippen molar-refractivity contribution in [2.75, 3.05) is 0 Å². The number of carbonyl (C=O) groups excluding carboxylic acids is 1. The van der Waals surface area contributed by atoms with Gasteiger partial charge in [0.25, 0.3) is 5.91 Å². The van der Waals surface area contributed by atoms with Crippen LogP contribution in [0, 0.1) is 0 Å². The molecule has 1 amide bonds. The molecular weight excluding hydrogens is 443 g/mol. The van der Waals surface area contributed by atoms with Crippen molar-refractivity contribution in [3.8, 4) is 17.1 Å². The molecule has 0 aliphatic carbocycles. The van der Waals surface area contributed by atoms with Crippen LogP contribution in [0.2, 0.25) is 10.0 Å². The SMILES string of the molecule is CC(C)(C)c1cc(C2=NC(=O)c3c(-c4ccc(Cl)c(C(C)(C)C)c4)[nH]c(O)c32)ccc1Cl. The molecule has 2 aromatic carbocycles. The molecule has 0 unspecified atom stereocenters. The van der Waals surface area contributed by atoms with Gasteiger partial charge in [0.1, 0.15) is 0 Å². The maximum absolute atomic E-state index is 13.0. The minimum Gasteiger partial charge on any atom is -0.494 e. The zero-order chi connectivity index (χ0) is 23.6. The van der Waals surface area contributed by atoms with E-state index in [1.54, 1.807) is 0 Å². The van der Waals surface area contributed by atoms with Gasteiger partial charge in [0, 0.05) is 15.6 Å². The van der Waals surface area contributed by atoms with E-state index in [2.05, 4.69) is 51.5 Å². The molecule has 0 saturated heterocycles. The van der Waals surface area contributed by atoms with Crippen LogP contribution in [0.5, 0.6) is 5.88 Å². The van der Waals surface area contributed by atoms with Gasteiger partial charge in [-0.3, -0.25) is 4.79 Å². The number of aliphatic imine (C=N–C) groups is 1. The van der Waals surface area contributed by atoms with Crippen molar-refractivity contribution in [3.63, 3.8) is 0 Å². The Morgan fingerprint density at radius 2 is 1.31 bits per heavy atom. The van der Waals surface area contributed by atoms with Gasteiger partial charge in [-0.15, -0.1) is 0 Å². The lowest BCUT2D eigenvalue weighted by Gasteiger charge is -2.21. The lowest BCUT2D eigenvalue weighted by molar-refractivity contribution is 0.101. The molecule has 4 rings (SSSR count). The number of aromatic amines is 1. The molecule has 2 N–H and O–H groups in total. The Kier molecular flexibility index (Phi) is 5.30. The monoisotopic (exact) mass is 468 g/mol. The highest BCUT2D eigenvalue weighted by atomic mass is 35.5. The standard InChI is InChI=1S/C26H26Cl2N2O2/c1-25(2,3)15-11-13(7-9-17(15)27)21-19-20(24(32)29-21)22(30-23(19)31)14-8-10-18(28)16(12-14)26(4,5)6/h7-12,29,32H,1-6H3. The summed E-state index contributed by atoms with van der Waals surface area (Å²) in [5.74, 6) is -0.472. The number of halogens is 2. The summed E-state index contributed by atoms with van der Waals surface area (Å²) in [6.45, 7) is 12.5. The molecule has 0 spiro atoms. The second-order valence-electron chi connectivity index (χ2n) is 10.3. The molecule has 32 heavy (non-hydrogen) atoms. The number of hydrogen-bond acceptors (Lipinski definition) is 2. The Morgan fingerprint density at radius 3 is 1.84 bits per heavy atom. The van der Waals surface area contributed by atoms with Crippen molar-refractivity contribution in [1.29, 1.82) is 0 Å². The second kappa shape index (κ2) is 7.50. The first-order valence-electron chi connectivity index (χ1n) is 10.5. The van der Waals surface area contributed by atoms with Gasteiger partial charge in [-0.2, -0.15) is 0 Å². The third kappa shape index (κ3) is 3.76. The Bertz CT molecular complexity index is 1290. The summed E-state index contributed by atoms with van der Waals surface area (Å²) in [5, 5.41) is 12.1. The molecular formula is C26H26Cl2N2O2. The number of nitrogens with one attached hydrogen (secondary N) is 1. The molecule has 0 fully saturated rings. The zero-order valence-electron chi connectivity index (χ0n) is 19.0. The van der Waals surface area contributed by atoms with Crippen LogP contribution in [-0.2, 0) is 10.8 Å². The Morgan fingerprint density at radius 1 is 0.812 bits per heavy atom. The van der Waals surface area contributed by atoms with Gasteiger partial charge in [0.2, 0.25) is 0 Å². The molecule has 1 aromatic heterocycles. The second-order valence-corrected chi connectivity index (χ2v) is 11.1. The van der Waals surface area contributed by atoms with Gasteiger partial charge in [-0.05, 0) is 51.8 Å². The lowest BCUT2D eigenvalue weighted by atomic mass is 9.85. The summed E-state index contributed by atoms with van der Waals surface area (Å²) in [7, 11) is 0. The number of nitrogens with zero attached hydrogens (tertiary/aromatic N) is 1. The van der Waals surface area contributed by atoms with E-state index in [0.29, 0.717) is 32.6 Å². The van der Waals surface area contributed by atoms with E-state index >= 15 is 0 Å². The summed E-state index contributed by atoms with van der Waals surface area (Å²) >= 11 is 12.9. The van der Waals surface area contributed by atoms with Crippen molar-refractivity contribution in [1.82, 2.24) is 4.98 Å². The summed E-state index contributed by atoms with van der Waals surface area (Å²) in [4.78, 5) is 20.3. The summed E-state index contributed by atoms with van der Waals surface area (Å²) in [5.41, 5.74) is 4.81. The number of H-pyrrole nitrogens is 1. The van der Waals surface area contributed by atoms with Crippen LogP contribution in [0.3, 0.4) is 0 Å². The first-order valence-corrected chi connectivity index (χ1v) is 11.2. The van der Waals surface area contributed by atoms with Crippen molar-refractivity contribution in [2.24, 2.45) is 4.99 Å². The fourth-order valence-corrected chi connectivity index (χ4v) is 4.87. The fraction of sp³-hybridized carbons (Fsp3) is 0.308. The maximum atomic E-state index is 13.0. The summed E-state index contributed by atoms with van der Waals surface area (Å²) in [6, 6.07) is 11.2. The number of hydrogen-bond donors (Lipinski definition) is 2. The van der Waals surface area contributed by atoms with Crippen molar-refractivity contribution >= 4 is 34.8 Å². The number of benzene rings is 2. The van der Waals surface area contributed by atoms with E-state index in [1.807, 2.05) is 36.4 Å². The van der Waals surface area contributed by atoms with E-state index in [0.717, 1.165) is 22.3 Å². The summed E-state index contributed by atoms with van der Waals surface area (Å²) in [6.07, 6.45) is 0. The quantitative estimate of drug-likeness (QED) is 0.414. The molecule has 166 valence electrons. The van der Waals surface area contributed by atoms with Gasteiger partial charge in [-0.25, -0.2) is 4.99 Å². The topological polar surface area (TPSA) is 65.5 Å². The smallest absolute Gasteiger partial charge is 0.280 e. The van der Waals surface area contributed by atoms with Gasteiger partial charge in [0.05, 0.1) is 22.5 Å². The number of rotatable bonds is 2. The molecule has 1 aliphatic rings. The zero-order valence-corrected chi connectivity index (χ0v) is 20.5. The number of aromatic nitrogens is 1. The Hall–Kier alpha value is -2.56. The first kappa shape index (κ1) is 22.6. The summed E-state index contributed by atoms with van der Waals surface area (Å²) < 4.78 is 0. The van der Waals surface area contributed by atoms with Gasteiger partial charge >= 0.3 is 0 Å². The lowest BCUT2D eigenvalue weighted by Crippen LogP contribution is -2.13. The van der Waals surface area contributed by atoms with Gasteiger partial charge in [0.15, 0.2) is 5.88 Å². The third-order valence-corrected chi connectivity index (χ3v) is 6.41. The first-order chi connectivity index (χ1) is 14.8.